The van der Waals surface area contributed by atoms with Crippen LogP contribution in [0.3, 0.4) is 0 Å². The van der Waals surface area contributed by atoms with Crippen molar-refractivity contribution in [2.75, 3.05) is 4.90 Å². The summed E-state index contributed by atoms with van der Waals surface area (Å²) in [7, 11) is 0. The molecule has 0 saturated heterocycles. The lowest BCUT2D eigenvalue weighted by molar-refractivity contribution is -0.125. The van der Waals surface area contributed by atoms with Crippen LogP contribution in [0.4, 0.5) is 10.1 Å². The van der Waals surface area contributed by atoms with Crippen LogP contribution in [0.5, 0.6) is 5.75 Å². The first-order valence-electron chi connectivity index (χ1n) is 6.88. The number of fused-ring (bicyclic) bond motifs is 1. The van der Waals surface area contributed by atoms with Gasteiger partial charge in [-0.1, -0.05) is 29.8 Å². The molecule has 4 heteroatoms. The summed E-state index contributed by atoms with van der Waals surface area (Å²) in [4.78, 5) is 13.9. The fourth-order valence-corrected chi connectivity index (χ4v) is 2.42. The van der Waals surface area contributed by atoms with Crippen LogP contribution < -0.4 is 9.64 Å². The van der Waals surface area contributed by atoms with Gasteiger partial charge in [0.15, 0.2) is 6.10 Å². The van der Waals surface area contributed by atoms with Gasteiger partial charge >= 0.3 is 0 Å². The summed E-state index contributed by atoms with van der Waals surface area (Å²) in [6.07, 6.45) is -0.562. The van der Waals surface area contributed by atoms with Crippen molar-refractivity contribution in [3.8, 4) is 5.75 Å². The van der Waals surface area contributed by atoms with Crippen molar-refractivity contribution in [1.82, 2.24) is 0 Å². The lowest BCUT2D eigenvalue weighted by atomic mass is 10.1. The van der Waals surface area contributed by atoms with E-state index in [1.807, 2.05) is 31.2 Å². The molecule has 1 heterocycles. The van der Waals surface area contributed by atoms with Crippen LogP contribution in [0.1, 0.15) is 18.1 Å². The van der Waals surface area contributed by atoms with Gasteiger partial charge in [0.25, 0.3) is 5.91 Å². The minimum Gasteiger partial charge on any atom is -0.479 e. The summed E-state index contributed by atoms with van der Waals surface area (Å²) in [5, 5.41) is 0. The number of rotatable bonds is 2. The first-order chi connectivity index (χ1) is 10.0. The van der Waals surface area contributed by atoms with Crippen molar-refractivity contribution < 1.29 is 13.9 Å². The smallest absolute Gasteiger partial charge is 0.268 e. The molecule has 0 aliphatic carbocycles. The van der Waals surface area contributed by atoms with E-state index in [-0.39, 0.29) is 11.7 Å². The zero-order valence-electron chi connectivity index (χ0n) is 12.0. The topological polar surface area (TPSA) is 29.5 Å². The lowest BCUT2D eigenvalue weighted by Gasteiger charge is -2.33. The molecule has 0 fully saturated rings. The molecule has 3 nitrogen and oxygen atoms in total. The number of halogens is 1. The zero-order chi connectivity index (χ0) is 15.0. The SMILES string of the molecule is Cc1ccc(CN2C(=O)C(C)Oc3ccc(F)cc32)cc1. The van der Waals surface area contributed by atoms with Crippen LogP contribution in [0.15, 0.2) is 42.5 Å². The number of amides is 1. The normalized spacial score (nSPS) is 17.4. The molecule has 1 amide bonds. The molecule has 0 aromatic heterocycles. The number of nitrogens with zero attached hydrogens (tertiary/aromatic N) is 1. The molecule has 1 atom stereocenters. The molecule has 1 aliphatic heterocycles. The van der Waals surface area contributed by atoms with Crippen LogP contribution in [-0.2, 0) is 11.3 Å². The fraction of sp³-hybridized carbons (Fsp3) is 0.235. The van der Waals surface area contributed by atoms with Crippen molar-refractivity contribution >= 4 is 11.6 Å². The molecular formula is C17H16FNO2. The first-order valence-corrected chi connectivity index (χ1v) is 6.88. The highest BCUT2D eigenvalue weighted by Gasteiger charge is 2.31. The molecule has 0 N–H and O–H groups in total. The molecule has 2 aromatic rings. The van der Waals surface area contributed by atoms with Crippen LogP contribution >= 0.6 is 0 Å². The van der Waals surface area contributed by atoms with Gasteiger partial charge in [0.2, 0.25) is 0 Å². The Kier molecular flexibility index (Phi) is 3.37. The third-order valence-corrected chi connectivity index (χ3v) is 3.59. The number of ether oxygens (including phenoxy) is 1. The lowest BCUT2D eigenvalue weighted by Crippen LogP contribution is -2.44. The van der Waals surface area contributed by atoms with Gasteiger partial charge in [-0.15, -0.1) is 0 Å². The summed E-state index contributed by atoms with van der Waals surface area (Å²) < 4.78 is 19.0. The summed E-state index contributed by atoms with van der Waals surface area (Å²) in [6, 6.07) is 12.2. The quantitative estimate of drug-likeness (QED) is 0.846. The molecule has 3 rings (SSSR count). The van der Waals surface area contributed by atoms with Crippen molar-refractivity contribution in [3.05, 3.63) is 59.4 Å². The van der Waals surface area contributed by atoms with Crippen molar-refractivity contribution in [1.29, 1.82) is 0 Å². The van der Waals surface area contributed by atoms with Crippen molar-refractivity contribution in [2.24, 2.45) is 0 Å². The number of anilines is 1. The predicted molar refractivity (Wildman–Crippen MR) is 78.9 cm³/mol. The van der Waals surface area contributed by atoms with E-state index < -0.39 is 6.10 Å². The van der Waals surface area contributed by atoms with Crippen LogP contribution in [0.25, 0.3) is 0 Å². The largest absolute Gasteiger partial charge is 0.479 e. The molecular weight excluding hydrogens is 269 g/mol. The minimum atomic E-state index is -0.562. The van der Waals surface area contributed by atoms with E-state index in [1.165, 1.54) is 12.1 Å². The number of benzene rings is 2. The Morgan fingerprint density at radius 1 is 1.19 bits per heavy atom. The van der Waals surface area contributed by atoms with E-state index in [0.29, 0.717) is 18.0 Å². The average molecular weight is 285 g/mol. The Hall–Kier alpha value is -2.36. The van der Waals surface area contributed by atoms with Crippen molar-refractivity contribution in [3.63, 3.8) is 0 Å². The third-order valence-electron chi connectivity index (χ3n) is 3.59. The second-order valence-electron chi connectivity index (χ2n) is 5.28. The zero-order valence-corrected chi connectivity index (χ0v) is 12.0. The summed E-state index contributed by atoms with van der Waals surface area (Å²) >= 11 is 0. The molecule has 0 saturated carbocycles. The third kappa shape index (κ3) is 2.61. The predicted octanol–water partition coefficient (Wildman–Crippen LogP) is 3.45. The van der Waals surface area contributed by atoms with E-state index in [0.717, 1.165) is 11.1 Å². The fourth-order valence-electron chi connectivity index (χ4n) is 2.42. The average Bonchev–Trinajstić information content (AvgIpc) is 2.47. The van der Waals surface area contributed by atoms with Gasteiger partial charge in [-0.05, 0) is 31.5 Å². The minimum absolute atomic E-state index is 0.159. The second-order valence-corrected chi connectivity index (χ2v) is 5.28. The highest BCUT2D eigenvalue weighted by atomic mass is 19.1. The Balaban J connectivity index is 1.98. The first kappa shape index (κ1) is 13.6. The van der Waals surface area contributed by atoms with E-state index in [9.17, 15) is 9.18 Å². The maximum Gasteiger partial charge on any atom is 0.268 e. The molecule has 0 bridgehead atoms. The van der Waals surface area contributed by atoms with Gasteiger partial charge in [0.1, 0.15) is 11.6 Å². The van der Waals surface area contributed by atoms with Gasteiger partial charge in [-0.2, -0.15) is 0 Å². The summed E-state index contributed by atoms with van der Waals surface area (Å²) in [5.41, 5.74) is 2.64. The molecule has 21 heavy (non-hydrogen) atoms. The second kappa shape index (κ2) is 5.20. The van der Waals surface area contributed by atoms with Crippen molar-refractivity contribution in [2.45, 2.75) is 26.5 Å². The Morgan fingerprint density at radius 3 is 2.62 bits per heavy atom. The highest BCUT2D eigenvalue weighted by Crippen LogP contribution is 2.35. The molecule has 2 aromatic carbocycles. The van der Waals surface area contributed by atoms with Crippen LogP contribution in [0, 0.1) is 12.7 Å². The van der Waals surface area contributed by atoms with E-state index in [1.54, 1.807) is 17.9 Å². The van der Waals surface area contributed by atoms with E-state index in [2.05, 4.69) is 0 Å². The van der Waals surface area contributed by atoms with Gasteiger partial charge in [-0.3, -0.25) is 4.79 Å². The number of carbonyl (C=O) groups excluding carboxylic acids is 1. The maximum absolute atomic E-state index is 13.5. The van der Waals surface area contributed by atoms with Gasteiger partial charge < -0.3 is 9.64 Å². The number of carbonyl (C=O) groups is 1. The monoisotopic (exact) mass is 285 g/mol. The van der Waals surface area contributed by atoms with Crippen LogP contribution in [-0.4, -0.2) is 12.0 Å². The maximum atomic E-state index is 13.5. The molecule has 108 valence electrons. The molecule has 1 unspecified atom stereocenters. The molecule has 0 radical (unpaired) electrons. The Bertz CT molecular complexity index is 682. The summed E-state index contributed by atoms with van der Waals surface area (Å²) in [5.74, 6) is -0.00195. The number of hydrogen-bond acceptors (Lipinski definition) is 2. The summed E-state index contributed by atoms with van der Waals surface area (Å²) in [6.45, 7) is 4.12. The van der Waals surface area contributed by atoms with E-state index in [4.69, 9.17) is 4.74 Å². The molecule has 1 aliphatic rings. The van der Waals surface area contributed by atoms with Gasteiger partial charge in [0.05, 0.1) is 12.2 Å². The van der Waals surface area contributed by atoms with Crippen LogP contribution in [0.2, 0.25) is 0 Å². The highest BCUT2D eigenvalue weighted by molar-refractivity contribution is 5.99. The standard InChI is InChI=1S/C17H16FNO2/c1-11-3-5-13(6-4-11)10-19-15-9-14(18)7-8-16(15)21-12(2)17(19)20/h3-9,12H,10H2,1-2H3. The van der Waals surface area contributed by atoms with E-state index >= 15 is 0 Å². The number of aryl methyl sites for hydroxylation is 1. The number of hydrogen-bond donors (Lipinski definition) is 0. The molecule has 0 spiro atoms. The van der Waals surface area contributed by atoms with Gasteiger partial charge in [-0.25, -0.2) is 4.39 Å². The Morgan fingerprint density at radius 2 is 1.90 bits per heavy atom. The Labute approximate surface area is 123 Å². The van der Waals surface area contributed by atoms with Gasteiger partial charge in [0, 0.05) is 6.07 Å².